The van der Waals surface area contributed by atoms with Gasteiger partial charge in [0, 0.05) is 13.6 Å². The number of rotatable bonds is 7. The Kier molecular flexibility index (Phi) is 5.06. The van der Waals surface area contributed by atoms with Crippen molar-refractivity contribution in [2.45, 2.75) is 17.7 Å². The summed E-state index contributed by atoms with van der Waals surface area (Å²) in [5, 5.41) is 10.4. The first-order valence-electron chi connectivity index (χ1n) is 5.29. The molecular formula is C11H15NO4S2. The number of carbonyl (C=O) groups is 1. The maximum atomic E-state index is 12.2. The molecule has 100 valence electrons. The second-order valence-electron chi connectivity index (χ2n) is 3.68. The number of thiophene rings is 1. The minimum atomic E-state index is -3.72. The van der Waals surface area contributed by atoms with Crippen molar-refractivity contribution in [2.24, 2.45) is 0 Å². The van der Waals surface area contributed by atoms with Gasteiger partial charge in [-0.05, 0) is 24.3 Å². The Hall–Kier alpha value is -1.18. The molecule has 0 atom stereocenters. The molecule has 1 rings (SSSR count). The van der Waals surface area contributed by atoms with E-state index in [-0.39, 0.29) is 9.77 Å². The first kappa shape index (κ1) is 14.9. The molecular weight excluding hydrogens is 274 g/mol. The van der Waals surface area contributed by atoms with Crippen LogP contribution >= 0.6 is 11.3 Å². The van der Waals surface area contributed by atoms with Crippen LogP contribution in [0.5, 0.6) is 0 Å². The fourth-order valence-corrected chi connectivity index (χ4v) is 3.84. The van der Waals surface area contributed by atoms with E-state index in [9.17, 15) is 13.2 Å². The highest BCUT2D eigenvalue weighted by Crippen LogP contribution is 2.24. The lowest BCUT2D eigenvalue weighted by Crippen LogP contribution is -2.28. The zero-order valence-corrected chi connectivity index (χ0v) is 11.6. The molecule has 0 aromatic carbocycles. The largest absolute Gasteiger partial charge is 0.477 e. The molecule has 0 radical (unpaired) electrons. The minimum absolute atomic E-state index is 0.138. The standard InChI is InChI=1S/C11H15NO4S2/c1-3-4-5-7-12(2)18(15,16)9-6-8-17-10(9)11(13)14/h3,6,8H,1,4-5,7H2,2H3,(H,13,14). The fourth-order valence-electron chi connectivity index (χ4n) is 1.40. The number of carboxylic acid groups (broad SMARTS) is 1. The van der Waals surface area contributed by atoms with Gasteiger partial charge in [-0.15, -0.1) is 17.9 Å². The topological polar surface area (TPSA) is 74.7 Å². The summed E-state index contributed by atoms with van der Waals surface area (Å²) in [5.74, 6) is -1.22. The summed E-state index contributed by atoms with van der Waals surface area (Å²) in [5.41, 5.74) is 0. The molecule has 7 heteroatoms. The number of nitrogens with zero attached hydrogens (tertiary/aromatic N) is 1. The summed E-state index contributed by atoms with van der Waals surface area (Å²) in [4.78, 5) is 10.6. The van der Waals surface area contributed by atoms with E-state index in [0.29, 0.717) is 13.0 Å². The molecule has 1 aromatic heterocycles. The third-order valence-electron chi connectivity index (χ3n) is 2.39. The average molecular weight is 289 g/mol. The number of aromatic carboxylic acids is 1. The Balaban J connectivity index is 2.95. The van der Waals surface area contributed by atoms with Gasteiger partial charge in [-0.1, -0.05) is 6.08 Å². The second kappa shape index (κ2) is 6.12. The lowest BCUT2D eigenvalue weighted by Gasteiger charge is -2.16. The lowest BCUT2D eigenvalue weighted by atomic mass is 10.3. The lowest BCUT2D eigenvalue weighted by molar-refractivity contribution is 0.0698. The molecule has 0 amide bonds. The molecule has 0 saturated carbocycles. The van der Waals surface area contributed by atoms with Crippen LogP contribution in [0.3, 0.4) is 0 Å². The smallest absolute Gasteiger partial charge is 0.347 e. The van der Waals surface area contributed by atoms with E-state index < -0.39 is 16.0 Å². The highest BCUT2D eigenvalue weighted by Gasteiger charge is 2.27. The van der Waals surface area contributed by atoms with Gasteiger partial charge in [0.25, 0.3) is 0 Å². The Morgan fingerprint density at radius 2 is 2.28 bits per heavy atom. The SMILES string of the molecule is C=CCCCN(C)S(=O)(=O)c1ccsc1C(=O)O. The van der Waals surface area contributed by atoms with Crippen LogP contribution in [0.4, 0.5) is 0 Å². The average Bonchev–Trinajstić information content (AvgIpc) is 2.78. The number of allylic oxidation sites excluding steroid dienone is 1. The molecule has 0 bridgehead atoms. The summed E-state index contributed by atoms with van der Waals surface area (Å²) in [6.45, 7) is 3.90. The van der Waals surface area contributed by atoms with Crippen LogP contribution in [0.2, 0.25) is 0 Å². The van der Waals surface area contributed by atoms with Crippen molar-refractivity contribution in [3.8, 4) is 0 Å². The molecule has 1 aromatic rings. The summed E-state index contributed by atoms with van der Waals surface area (Å²) in [6, 6.07) is 1.33. The molecule has 0 fully saturated rings. The summed E-state index contributed by atoms with van der Waals surface area (Å²) in [6.07, 6.45) is 3.09. The molecule has 0 aliphatic rings. The van der Waals surface area contributed by atoms with Crippen molar-refractivity contribution in [3.63, 3.8) is 0 Å². The second-order valence-corrected chi connectivity index (χ2v) is 6.61. The number of hydrogen-bond donors (Lipinski definition) is 1. The summed E-state index contributed by atoms with van der Waals surface area (Å²) in [7, 11) is -2.28. The van der Waals surface area contributed by atoms with Gasteiger partial charge in [0.15, 0.2) is 0 Å². The van der Waals surface area contributed by atoms with Gasteiger partial charge < -0.3 is 5.11 Å². The van der Waals surface area contributed by atoms with Crippen LogP contribution in [0, 0.1) is 0 Å². The van der Waals surface area contributed by atoms with Gasteiger partial charge in [-0.3, -0.25) is 0 Å². The van der Waals surface area contributed by atoms with E-state index in [2.05, 4.69) is 6.58 Å². The minimum Gasteiger partial charge on any atom is -0.477 e. The molecule has 1 heterocycles. The summed E-state index contributed by atoms with van der Waals surface area (Å²) >= 11 is 0.909. The van der Waals surface area contributed by atoms with E-state index >= 15 is 0 Å². The Bertz CT molecular complexity index is 533. The first-order valence-corrected chi connectivity index (χ1v) is 7.61. The number of unbranched alkanes of at least 4 members (excludes halogenated alkanes) is 1. The first-order chi connectivity index (χ1) is 8.41. The van der Waals surface area contributed by atoms with E-state index in [1.54, 1.807) is 6.08 Å². The predicted octanol–water partition coefficient (Wildman–Crippen LogP) is 2.03. The molecule has 0 unspecified atom stereocenters. The molecule has 0 aliphatic heterocycles. The maximum absolute atomic E-state index is 12.2. The van der Waals surface area contributed by atoms with Crippen LogP contribution in [0.15, 0.2) is 29.0 Å². The van der Waals surface area contributed by atoms with Crippen molar-refractivity contribution in [3.05, 3.63) is 29.0 Å². The van der Waals surface area contributed by atoms with Gasteiger partial charge in [0.05, 0.1) is 0 Å². The van der Waals surface area contributed by atoms with Crippen molar-refractivity contribution in [2.75, 3.05) is 13.6 Å². The van der Waals surface area contributed by atoms with Gasteiger partial charge in [0.2, 0.25) is 10.0 Å². The molecule has 0 aliphatic carbocycles. The number of sulfonamides is 1. The van der Waals surface area contributed by atoms with E-state index in [0.717, 1.165) is 17.8 Å². The van der Waals surface area contributed by atoms with Crippen LogP contribution < -0.4 is 0 Å². The normalized spacial score (nSPS) is 11.7. The van der Waals surface area contributed by atoms with Crippen LogP contribution in [-0.2, 0) is 10.0 Å². The van der Waals surface area contributed by atoms with Crippen molar-refractivity contribution < 1.29 is 18.3 Å². The predicted molar refractivity (Wildman–Crippen MR) is 70.5 cm³/mol. The van der Waals surface area contributed by atoms with Gasteiger partial charge in [-0.25, -0.2) is 17.5 Å². The van der Waals surface area contributed by atoms with Gasteiger partial charge >= 0.3 is 5.97 Å². The molecule has 0 spiro atoms. The van der Waals surface area contributed by atoms with E-state index in [4.69, 9.17) is 5.11 Å². The Morgan fingerprint density at radius 3 is 2.83 bits per heavy atom. The quantitative estimate of drug-likeness (QED) is 0.615. The maximum Gasteiger partial charge on any atom is 0.347 e. The Morgan fingerprint density at radius 1 is 1.61 bits per heavy atom. The van der Waals surface area contributed by atoms with Gasteiger partial charge in [0.1, 0.15) is 9.77 Å². The van der Waals surface area contributed by atoms with Gasteiger partial charge in [-0.2, -0.15) is 0 Å². The van der Waals surface area contributed by atoms with Crippen molar-refractivity contribution in [1.29, 1.82) is 0 Å². The van der Waals surface area contributed by atoms with E-state index in [1.807, 2.05) is 0 Å². The highest BCUT2D eigenvalue weighted by molar-refractivity contribution is 7.89. The highest BCUT2D eigenvalue weighted by atomic mass is 32.2. The molecule has 5 nitrogen and oxygen atoms in total. The number of carboxylic acids is 1. The van der Waals surface area contributed by atoms with Crippen LogP contribution in [-0.4, -0.2) is 37.4 Å². The zero-order chi connectivity index (χ0) is 13.8. The summed E-state index contributed by atoms with van der Waals surface area (Å²) < 4.78 is 25.5. The molecule has 18 heavy (non-hydrogen) atoms. The van der Waals surface area contributed by atoms with E-state index in [1.165, 1.54) is 22.8 Å². The van der Waals surface area contributed by atoms with Crippen molar-refractivity contribution in [1.82, 2.24) is 4.31 Å². The Labute approximate surface area is 110 Å². The molecule has 0 saturated heterocycles. The fraction of sp³-hybridized carbons (Fsp3) is 0.364. The third-order valence-corrected chi connectivity index (χ3v) is 5.32. The van der Waals surface area contributed by atoms with Crippen molar-refractivity contribution >= 4 is 27.3 Å². The number of hydrogen-bond acceptors (Lipinski definition) is 4. The zero-order valence-electron chi connectivity index (χ0n) is 10.00. The van der Waals surface area contributed by atoms with Crippen LogP contribution in [0.25, 0.3) is 0 Å². The third kappa shape index (κ3) is 3.18. The monoisotopic (exact) mass is 289 g/mol. The van der Waals surface area contributed by atoms with Crippen LogP contribution in [0.1, 0.15) is 22.5 Å². The molecule has 1 N–H and O–H groups in total.